The lowest BCUT2D eigenvalue weighted by atomic mass is 10.0. The van der Waals surface area contributed by atoms with E-state index in [1.807, 2.05) is 59.7 Å². The maximum atomic E-state index is 12.2. The molecule has 1 aliphatic rings. The van der Waals surface area contributed by atoms with Crippen molar-refractivity contribution in [2.75, 3.05) is 39.6 Å². The standard InChI is InChI=1S/C28H45NO8/c1-27(2,3)36-25(30)20-33-16-10-15-32-14-8-7-9-17-34-21-11-12-24-22(19-21)23(13-18-35-24)29-26(31)37-28(4,5)6/h11-12,19,23H,7-10,13-18,20H2,1-6H3,(H,29,31). The summed E-state index contributed by atoms with van der Waals surface area (Å²) in [4.78, 5) is 23.8. The first-order valence-corrected chi connectivity index (χ1v) is 13.2. The van der Waals surface area contributed by atoms with E-state index in [4.69, 9.17) is 28.4 Å². The second kappa shape index (κ2) is 15.0. The number of nitrogens with one attached hydrogen (secondary N) is 1. The van der Waals surface area contributed by atoms with Crippen molar-refractivity contribution in [3.8, 4) is 11.5 Å². The fraction of sp³-hybridized carbons (Fsp3) is 0.714. The molecule has 9 heteroatoms. The fourth-order valence-electron chi connectivity index (χ4n) is 3.63. The molecule has 0 aliphatic carbocycles. The number of amides is 1. The van der Waals surface area contributed by atoms with Gasteiger partial charge >= 0.3 is 12.1 Å². The second-order valence-corrected chi connectivity index (χ2v) is 11.0. The summed E-state index contributed by atoms with van der Waals surface area (Å²) in [5.74, 6) is 1.16. The van der Waals surface area contributed by atoms with Gasteiger partial charge in [-0.1, -0.05) is 0 Å². The van der Waals surface area contributed by atoms with Gasteiger partial charge in [0.15, 0.2) is 0 Å². The number of hydrogen-bond donors (Lipinski definition) is 1. The maximum absolute atomic E-state index is 12.2. The van der Waals surface area contributed by atoms with E-state index in [1.165, 1.54) is 0 Å². The van der Waals surface area contributed by atoms with Crippen molar-refractivity contribution in [2.24, 2.45) is 0 Å². The highest BCUT2D eigenvalue weighted by Gasteiger charge is 2.26. The van der Waals surface area contributed by atoms with E-state index in [1.54, 1.807) is 0 Å². The molecule has 0 saturated heterocycles. The molecule has 9 nitrogen and oxygen atoms in total. The summed E-state index contributed by atoms with van der Waals surface area (Å²) in [6, 6.07) is 5.54. The molecule has 1 amide bonds. The first-order chi connectivity index (χ1) is 17.4. The lowest BCUT2D eigenvalue weighted by Gasteiger charge is -2.28. The van der Waals surface area contributed by atoms with E-state index in [0.29, 0.717) is 39.5 Å². The van der Waals surface area contributed by atoms with Crippen LogP contribution in [-0.2, 0) is 23.7 Å². The Labute approximate surface area is 221 Å². The molecule has 0 fully saturated rings. The van der Waals surface area contributed by atoms with Crippen LogP contribution in [0, 0.1) is 0 Å². The molecule has 1 unspecified atom stereocenters. The van der Waals surface area contributed by atoms with Crippen LogP contribution in [0.4, 0.5) is 4.79 Å². The van der Waals surface area contributed by atoms with Gasteiger partial charge in [-0.2, -0.15) is 0 Å². The topological polar surface area (TPSA) is 102 Å². The Morgan fingerprint density at radius 3 is 2.30 bits per heavy atom. The first-order valence-electron chi connectivity index (χ1n) is 13.2. The van der Waals surface area contributed by atoms with Gasteiger partial charge < -0.3 is 33.7 Å². The Morgan fingerprint density at radius 2 is 1.57 bits per heavy atom. The monoisotopic (exact) mass is 523 g/mol. The van der Waals surface area contributed by atoms with Crippen molar-refractivity contribution in [2.45, 2.75) is 90.9 Å². The molecule has 1 aliphatic heterocycles. The molecule has 0 aromatic heterocycles. The molecule has 0 saturated carbocycles. The third kappa shape index (κ3) is 13.6. The molecule has 210 valence electrons. The molecule has 0 spiro atoms. The number of benzene rings is 1. The third-order valence-electron chi connectivity index (χ3n) is 5.13. The molecular formula is C28H45NO8. The molecule has 1 aromatic carbocycles. The minimum absolute atomic E-state index is 0.0323. The minimum Gasteiger partial charge on any atom is -0.494 e. The summed E-state index contributed by atoms with van der Waals surface area (Å²) >= 11 is 0. The number of hydrogen-bond acceptors (Lipinski definition) is 8. The zero-order chi connectivity index (χ0) is 27.3. The smallest absolute Gasteiger partial charge is 0.408 e. The number of carbonyl (C=O) groups excluding carboxylic acids is 2. The van der Waals surface area contributed by atoms with Gasteiger partial charge in [0.05, 0.1) is 19.3 Å². The second-order valence-electron chi connectivity index (χ2n) is 11.0. The largest absolute Gasteiger partial charge is 0.494 e. The third-order valence-corrected chi connectivity index (χ3v) is 5.13. The summed E-state index contributed by atoms with van der Waals surface area (Å²) in [5.41, 5.74) is -0.141. The zero-order valence-corrected chi connectivity index (χ0v) is 23.4. The van der Waals surface area contributed by atoms with Crippen molar-refractivity contribution in [1.82, 2.24) is 5.32 Å². The number of carbonyl (C=O) groups is 2. The number of esters is 1. The van der Waals surface area contributed by atoms with Crippen LogP contribution in [0.2, 0.25) is 0 Å². The van der Waals surface area contributed by atoms with E-state index in [9.17, 15) is 9.59 Å². The summed E-state index contributed by atoms with van der Waals surface area (Å²) < 4.78 is 33.2. The van der Waals surface area contributed by atoms with Gasteiger partial charge in [-0.25, -0.2) is 9.59 Å². The SMILES string of the molecule is CC(C)(C)OC(=O)COCCCOCCCCCOc1ccc2c(c1)C(NC(=O)OC(C)(C)C)CCO2. The lowest BCUT2D eigenvalue weighted by Crippen LogP contribution is -2.36. The Bertz CT molecular complexity index is 844. The number of unbranched alkanes of at least 4 members (excludes halogenated alkanes) is 2. The highest BCUT2D eigenvalue weighted by atomic mass is 16.6. The molecule has 2 rings (SSSR count). The Balaban J connectivity index is 1.56. The molecule has 37 heavy (non-hydrogen) atoms. The Morgan fingerprint density at radius 1 is 0.892 bits per heavy atom. The van der Waals surface area contributed by atoms with Crippen molar-refractivity contribution in [1.29, 1.82) is 0 Å². The lowest BCUT2D eigenvalue weighted by molar-refractivity contribution is -0.160. The summed E-state index contributed by atoms with van der Waals surface area (Å²) in [5, 5.41) is 2.94. The molecule has 1 aromatic rings. The van der Waals surface area contributed by atoms with Gasteiger partial charge in [-0.3, -0.25) is 0 Å². The van der Waals surface area contributed by atoms with Gasteiger partial charge in [-0.05, 0) is 85.4 Å². The Kier molecular flexibility index (Phi) is 12.5. The van der Waals surface area contributed by atoms with E-state index in [2.05, 4.69) is 5.32 Å². The van der Waals surface area contributed by atoms with Crippen LogP contribution >= 0.6 is 0 Å². The molecule has 0 bridgehead atoms. The molecule has 1 N–H and O–H groups in total. The number of rotatable bonds is 14. The molecule has 1 heterocycles. The van der Waals surface area contributed by atoms with E-state index in [-0.39, 0.29) is 18.6 Å². The number of alkyl carbamates (subject to hydrolysis) is 1. The first kappa shape index (κ1) is 30.7. The van der Waals surface area contributed by atoms with Crippen molar-refractivity contribution >= 4 is 12.1 Å². The van der Waals surface area contributed by atoms with Crippen LogP contribution in [0.3, 0.4) is 0 Å². The van der Waals surface area contributed by atoms with Crippen molar-refractivity contribution in [3.63, 3.8) is 0 Å². The predicted molar refractivity (Wildman–Crippen MR) is 140 cm³/mol. The fourth-order valence-corrected chi connectivity index (χ4v) is 3.63. The quantitative estimate of drug-likeness (QED) is 0.257. The van der Waals surface area contributed by atoms with Gasteiger partial charge in [0.25, 0.3) is 0 Å². The van der Waals surface area contributed by atoms with Gasteiger partial charge in [0.1, 0.15) is 29.3 Å². The van der Waals surface area contributed by atoms with Gasteiger partial charge in [0.2, 0.25) is 0 Å². The molecule has 1 atom stereocenters. The van der Waals surface area contributed by atoms with Crippen LogP contribution in [0.1, 0.15) is 85.3 Å². The zero-order valence-electron chi connectivity index (χ0n) is 23.4. The highest BCUT2D eigenvalue weighted by molar-refractivity contribution is 5.71. The van der Waals surface area contributed by atoms with Crippen LogP contribution in [0.15, 0.2) is 18.2 Å². The average Bonchev–Trinajstić information content (AvgIpc) is 2.77. The number of ether oxygens (including phenoxy) is 6. The minimum atomic E-state index is -0.550. The Hall–Kier alpha value is -2.52. The summed E-state index contributed by atoms with van der Waals surface area (Å²) in [6.45, 7) is 13.9. The highest BCUT2D eigenvalue weighted by Crippen LogP contribution is 2.35. The average molecular weight is 524 g/mol. The van der Waals surface area contributed by atoms with Gasteiger partial charge in [-0.15, -0.1) is 0 Å². The van der Waals surface area contributed by atoms with Crippen LogP contribution in [0.25, 0.3) is 0 Å². The van der Waals surface area contributed by atoms with E-state index >= 15 is 0 Å². The van der Waals surface area contributed by atoms with Crippen molar-refractivity contribution < 1.29 is 38.0 Å². The van der Waals surface area contributed by atoms with Crippen LogP contribution < -0.4 is 14.8 Å². The van der Waals surface area contributed by atoms with E-state index < -0.39 is 17.3 Å². The number of fused-ring (bicyclic) bond motifs is 1. The maximum Gasteiger partial charge on any atom is 0.408 e. The van der Waals surface area contributed by atoms with Crippen LogP contribution in [-0.4, -0.2) is 62.9 Å². The van der Waals surface area contributed by atoms with E-state index in [0.717, 1.165) is 42.7 Å². The van der Waals surface area contributed by atoms with Crippen molar-refractivity contribution in [3.05, 3.63) is 23.8 Å². The van der Waals surface area contributed by atoms with Gasteiger partial charge in [0, 0.05) is 31.8 Å². The molecular weight excluding hydrogens is 478 g/mol. The predicted octanol–water partition coefficient (Wildman–Crippen LogP) is 5.35. The normalized spacial score (nSPS) is 15.4. The summed E-state index contributed by atoms with van der Waals surface area (Å²) in [7, 11) is 0. The summed E-state index contributed by atoms with van der Waals surface area (Å²) in [6.07, 6.45) is 3.82. The van der Waals surface area contributed by atoms with Crippen LogP contribution in [0.5, 0.6) is 11.5 Å². The molecule has 0 radical (unpaired) electrons.